The van der Waals surface area contributed by atoms with E-state index in [1.54, 1.807) is 6.07 Å². The van der Waals surface area contributed by atoms with Gasteiger partial charge >= 0.3 is 6.09 Å². The lowest BCUT2D eigenvalue weighted by molar-refractivity contribution is 0.190. The van der Waals surface area contributed by atoms with E-state index in [4.69, 9.17) is 5.11 Å². The molecule has 2 atom stereocenters. The zero-order chi connectivity index (χ0) is 15.7. The number of hydrogen-bond acceptors (Lipinski definition) is 3. The van der Waals surface area contributed by atoms with Gasteiger partial charge in [-0.25, -0.2) is 14.2 Å². The fourth-order valence-corrected chi connectivity index (χ4v) is 3.07. The topological polar surface area (TPSA) is 74.2 Å². The SMILES string of the molecule is Cc1cc(N[C@H]2CC[C@H](NC(=O)O)C2)nc2ccc(F)cc12. The second-order valence-corrected chi connectivity index (χ2v) is 5.79. The molecule has 116 valence electrons. The summed E-state index contributed by atoms with van der Waals surface area (Å²) in [5.74, 6) is 0.481. The van der Waals surface area contributed by atoms with Gasteiger partial charge in [-0.05, 0) is 56.0 Å². The summed E-state index contributed by atoms with van der Waals surface area (Å²) in [6.45, 7) is 1.93. The van der Waals surface area contributed by atoms with E-state index in [0.29, 0.717) is 0 Å². The Labute approximate surface area is 127 Å². The zero-order valence-corrected chi connectivity index (χ0v) is 12.3. The van der Waals surface area contributed by atoms with Crippen molar-refractivity contribution >= 4 is 22.8 Å². The molecule has 6 heteroatoms. The van der Waals surface area contributed by atoms with Crippen LogP contribution in [0.4, 0.5) is 15.0 Å². The maximum absolute atomic E-state index is 13.3. The first-order valence-electron chi connectivity index (χ1n) is 7.34. The quantitative estimate of drug-likeness (QED) is 0.813. The number of carbonyl (C=O) groups is 1. The highest BCUT2D eigenvalue weighted by molar-refractivity contribution is 5.83. The molecule has 0 spiro atoms. The predicted molar refractivity (Wildman–Crippen MR) is 82.6 cm³/mol. The van der Waals surface area contributed by atoms with Crippen molar-refractivity contribution in [3.8, 4) is 0 Å². The van der Waals surface area contributed by atoms with Gasteiger partial charge in [0.15, 0.2) is 0 Å². The van der Waals surface area contributed by atoms with Crippen LogP contribution in [0.15, 0.2) is 24.3 Å². The van der Waals surface area contributed by atoms with E-state index in [0.717, 1.165) is 41.5 Å². The summed E-state index contributed by atoms with van der Waals surface area (Å²) < 4.78 is 13.3. The molecule has 3 N–H and O–H groups in total. The number of aromatic nitrogens is 1. The highest BCUT2D eigenvalue weighted by Crippen LogP contribution is 2.25. The molecule has 1 saturated carbocycles. The van der Waals surface area contributed by atoms with E-state index < -0.39 is 6.09 Å². The van der Waals surface area contributed by atoms with Crippen molar-refractivity contribution in [2.45, 2.75) is 38.3 Å². The Morgan fingerprint density at radius 2 is 2.09 bits per heavy atom. The van der Waals surface area contributed by atoms with Crippen molar-refractivity contribution in [3.05, 3.63) is 35.6 Å². The van der Waals surface area contributed by atoms with Gasteiger partial charge in [-0.2, -0.15) is 0 Å². The lowest BCUT2D eigenvalue weighted by atomic mass is 10.1. The predicted octanol–water partition coefficient (Wildman–Crippen LogP) is 3.28. The Bertz CT molecular complexity index is 720. The average molecular weight is 303 g/mol. The molecular formula is C16H18FN3O2. The van der Waals surface area contributed by atoms with Crippen LogP contribution in [0, 0.1) is 12.7 Å². The lowest BCUT2D eigenvalue weighted by Gasteiger charge is -2.15. The van der Waals surface area contributed by atoms with E-state index in [-0.39, 0.29) is 17.9 Å². The Balaban J connectivity index is 1.75. The van der Waals surface area contributed by atoms with Gasteiger partial charge in [0.25, 0.3) is 0 Å². The molecule has 1 amide bonds. The van der Waals surface area contributed by atoms with Crippen LogP contribution in [0.5, 0.6) is 0 Å². The first kappa shape index (κ1) is 14.6. The molecule has 1 aliphatic carbocycles. The summed E-state index contributed by atoms with van der Waals surface area (Å²) in [4.78, 5) is 15.2. The number of hydrogen-bond donors (Lipinski definition) is 3. The van der Waals surface area contributed by atoms with E-state index in [9.17, 15) is 9.18 Å². The van der Waals surface area contributed by atoms with Crippen LogP contribution in [-0.4, -0.2) is 28.3 Å². The number of aryl methyl sites for hydroxylation is 1. The molecule has 1 fully saturated rings. The molecule has 1 heterocycles. The van der Waals surface area contributed by atoms with Crippen LogP contribution < -0.4 is 10.6 Å². The minimum atomic E-state index is -0.979. The van der Waals surface area contributed by atoms with Crippen molar-refractivity contribution in [1.82, 2.24) is 10.3 Å². The molecule has 2 aromatic rings. The normalized spacial score (nSPS) is 21.0. The first-order valence-corrected chi connectivity index (χ1v) is 7.34. The fraction of sp³-hybridized carbons (Fsp3) is 0.375. The summed E-state index contributed by atoms with van der Waals surface area (Å²) in [5, 5.41) is 15.4. The fourth-order valence-electron chi connectivity index (χ4n) is 3.07. The van der Waals surface area contributed by atoms with Gasteiger partial charge in [-0.1, -0.05) is 0 Å². The molecule has 5 nitrogen and oxygen atoms in total. The number of benzene rings is 1. The Hall–Kier alpha value is -2.37. The molecule has 0 bridgehead atoms. The number of nitrogens with zero attached hydrogens (tertiary/aromatic N) is 1. The Kier molecular flexibility index (Phi) is 3.83. The van der Waals surface area contributed by atoms with Crippen molar-refractivity contribution < 1.29 is 14.3 Å². The van der Waals surface area contributed by atoms with Gasteiger partial charge in [-0.3, -0.25) is 0 Å². The van der Waals surface area contributed by atoms with Gasteiger partial charge in [-0.15, -0.1) is 0 Å². The summed E-state index contributed by atoms with van der Waals surface area (Å²) in [6, 6.07) is 6.66. The molecule has 0 saturated heterocycles. The minimum absolute atomic E-state index is 0.00866. The van der Waals surface area contributed by atoms with Crippen molar-refractivity contribution in [2.24, 2.45) is 0 Å². The van der Waals surface area contributed by atoms with E-state index >= 15 is 0 Å². The Morgan fingerprint density at radius 3 is 2.86 bits per heavy atom. The summed E-state index contributed by atoms with van der Waals surface area (Å²) in [5.41, 5.74) is 1.72. The van der Waals surface area contributed by atoms with Crippen molar-refractivity contribution in [2.75, 3.05) is 5.32 Å². The number of amides is 1. The standard InChI is InChI=1S/C16H18FN3O2/c1-9-6-15(20-14-5-2-10(17)7-13(9)14)18-11-3-4-12(8-11)19-16(21)22/h2,5-7,11-12,19H,3-4,8H2,1H3,(H,18,20)(H,21,22)/t11-,12-/m0/s1. The van der Waals surface area contributed by atoms with Crippen LogP contribution in [0.2, 0.25) is 0 Å². The third-order valence-corrected chi connectivity index (χ3v) is 4.09. The molecule has 0 unspecified atom stereocenters. The van der Waals surface area contributed by atoms with Crippen LogP contribution in [-0.2, 0) is 0 Å². The maximum atomic E-state index is 13.3. The molecule has 1 aromatic carbocycles. The second-order valence-electron chi connectivity index (χ2n) is 5.79. The van der Waals surface area contributed by atoms with Gasteiger partial charge in [0.1, 0.15) is 11.6 Å². The number of halogens is 1. The zero-order valence-electron chi connectivity index (χ0n) is 12.3. The van der Waals surface area contributed by atoms with Crippen molar-refractivity contribution in [3.63, 3.8) is 0 Å². The summed E-state index contributed by atoms with van der Waals surface area (Å²) >= 11 is 0. The summed E-state index contributed by atoms with van der Waals surface area (Å²) in [7, 11) is 0. The third kappa shape index (κ3) is 3.10. The number of pyridine rings is 1. The van der Waals surface area contributed by atoms with Gasteiger partial charge < -0.3 is 15.7 Å². The van der Waals surface area contributed by atoms with Gasteiger partial charge in [0, 0.05) is 17.5 Å². The Morgan fingerprint density at radius 1 is 1.32 bits per heavy atom. The largest absolute Gasteiger partial charge is 0.465 e. The number of rotatable bonds is 3. The van der Waals surface area contributed by atoms with Crippen LogP contribution >= 0.6 is 0 Å². The molecule has 0 radical (unpaired) electrons. The lowest BCUT2D eigenvalue weighted by Crippen LogP contribution is -2.32. The third-order valence-electron chi connectivity index (χ3n) is 4.09. The number of carboxylic acid groups (broad SMARTS) is 1. The highest BCUT2D eigenvalue weighted by Gasteiger charge is 2.26. The molecule has 0 aliphatic heterocycles. The van der Waals surface area contributed by atoms with Gasteiger partial charge in [0.05, 0.1) is 5.52 Å². The maximum Gasteiger partial charge on any atom is 0.404 e. The molecule has 3 rings (SSSR count). The first-order chi connectivity index (χ1) is 10.5. The highest BCUT2D eigenvalue weighted by atomic mass is 19.1. The number of fused-ring (bicyclic) bond motifs is 1. The average Bonchev–Trinajstić information content (AvgIpc) is 2.86. The molecule has 22 heavy (non-hydrogen) atoms. The number of anilines is 1. The smallest absolute Gasteiger partial charge is 0.404 e. The van der Waals surface area contributed by atoms with E-state index in [1.807, 2.05) is 13.0 Å². The van der Waals surface area contributed by atoms with Gasteiger partial charge in [0.2, 0.25) is 0 Å². The monoisotopic (exact) mass is 303 g/mol. The molecule has 1 aliphatic rings. The summed E-state index contributed by atoms with van der Waals surface area (Å²) in [6.07, 6.45) is 1.48. The number of nitrogens with one attached hydrogen (secondary N) is 2. The van der Waals surface area contributed by atoms with E-state index in [1.165, 1.54) is 12.1 Å². The van der Waals surface area contributed by atoms with Crippen LogP contribution in [0.25, 0.3) is 10.9 Å². The van der Waals surface area contributed by atoms with Crippen molar-refractivity contribution in [1.29, 1.82) is 0 Å². The molecule has 1 aromatic heterocycles. The molecular weight excluding hydrogens is 285 g/mol. The minimum Gasteiger partial charge on any atom is -0.465 e. The van der Waals surface area contributed by atoms with Crippen LogP contribution in [0.3, 0.4) is 0 Å². The van der Waals surface area contributed by atoms with E-state index in [2.05, 4.69) is 15.6 Å². The van der Waals surface area contributed by atoms with Crippen LogP contribution in [0.1, 0.15) is 24.8 Å². The second kappa shape index (κ2) is 5.79.